The summed E-state index contributed by atoms with van der Waals surface area (Å²) < 4.78 is 34.3. The molecule has 0 aromatic heterocycles. The first-order valence-electron chi connectivity index (χ1n) is 33.0. The molecule has 0 spiro atoms. The molecule has 19 heteroatoms. The fourth-order valence-electron chi connectivity index (χ4n) is 10.9. The Kier molecular flexibility index (Phi) is 43.7. The largest absolute Gasteiger partial charge is 0.394 e. The zero-order valence-corrected chi connectivity index (χ0v) is 51.8. The molecule has 0 saturated carbocycles. The van der Waals surface area contributed by atoms with Crippen molar-refractivity contribution in [1.82, 2.24) is 5.32 Å². The van der Waals surface area contributed by atoms with Gasteiger partial charge in [0, 0.05) is 6.42 Å². The molecule has 0 radical (unpaired) electrons. The van der Waals surface area contributed by atoms with Crippen LogP contribution in [-0.2, 0) is 33.2 Å². The summed E-state index contributed by atoms with van der Waals surface area (Å²) in [5.41, 5.74) is 0. The Bertz CT molecular complexity index is 1780. The van der Waals surface area contributed by atoms with Crippen LogP contribution in [0.3, 0.4) is 0 Å². The summed E-state index contributed by atoms with van der Waals surface area (Å²) in [6.45, 7) is 1.60. The van der Waals surface area contributed by atoms with E-state index in [1.165, 1.54) is 116 Å². The maximum atomic E-state index is 13.4. The lowest BCUT2D eigenvalue weighted by Crippen LogP contribution is -2.66. The predicted octanol–water partition coefficient (Wildman–Crippen LogP) is 7.60. The molecule has 0 aromatic carbocycles. The Labute approximate surface area is 509 Å². The second kappa shape index (κ2) is 48.4. The van der Waals surface area contributed by atoms with Crippen LogP contribution in [0.2, 0.25) is 0 Å². The lowest BCUT2D eigenvalue weighted by molar-refractivity contribution is -0.379. The van der Waals surface area contributed by atoms with Crippen molar-refractivity contribution in [3.05, 3.63) is 60.8 Å². The Morgan fingerprint density at radius 1 is 0.435 bits per heavy atom. The zero-order valence-electron chi connectivity index (χ0n) is 51.8. The molecule has 0 bridgehead atoms. The standard InChI is InChI=1S/C66H117NO18/c1-3-5-7-9-11-13-15-17-19-21-22-23-24-25-26-28-29-31-33-35-37-39-41-43-50(71)49(67-54(72)44-42-40-38-36-34-32-30-27-20-18-16-14-12-10-8-6-4-2)48-80-64-60(78)57(75)62(52(46-69)82-64)85-66-61(79)58(76)63(53(47-70)83-66)84-65-59(77)56(74)55(73)51(45-68)81-65/h6,8,12,14,18,20,30,32,41,43,49-53,55-66,68-71,73-79H,3-5,7,9-11,13,15-17,19,21-29,31,33-40,42,44-48H2,1-2H3,(H,67,72)/b8-6-,14-12-,20-18-,32-30-,43-41+. The molecule has 19 nitrogen and oxygen atoms in total. The van der Waals surface area contributed by atoms with Crippen molar-refractivity contribution >= 4 is 5.91 Å². The van der Waals surface area contributed by atoms with Gasteiger partial charge in [0.15, 0.2) is 18.9 Å². The Balaban J connectivity index is 1.47. The van der Waals surface area contributed by atoms with Crippen LogP contribution in [0.5, 0.6) is 0 Å². The highest BCUT2D eigenvalue weighted by Gasteiger charge is 2.53. The number of unbranched alkanes of at least 4 members (excludes halogenated alkanes) is 25. The number of ether oxygens (including phenoxy) is 6. The van der Waals surface area contributed by atoms with E-state index in [0.717, 1.165) is 77.0 Å². The van der Waals surface area contributed by atoms with Gasteiger partial charge < -0.3 is 89.9 Å². The van der Waals surface area contributed by atoms with Crippen LogP contribution in [0.4, 0.5) is 0 Å². The van der Waals surface area contributed by atoms with Crippen molar-refractivity contribution in [3.63, 3.8) is 0 Å². The van der Waals surface area contributed by atoms with Crippen molar-refractivity contribution in [3.8, 4) is 0 Å². The maximum absolute atomic E-state index is 13.4. The summed E-state index contributed by atoms with van der Waals surface area (Å²) >= 11 is 0. The average molecular weight is 1210 g/mol. The highest BCUT2D eigenvalue weighted by atomic mass is 16.8. The quantitative estimate of drug-likeness (QED) is 0.0206. The van der Waals surface area contributed by atoms with Crippen LogP contribution in [0.15, 0.2) is 60.8 Å². The minimum Gasteiger partial charge on any atom is -0.394 e. The SMILES string of the molecule is CC/C=C\C/C=C\C/C=C\C/C=C\CCCCCCC(=O)NC(COC1OC(CO)C(OC2OC(CO)C(OC3OC(CO)C(O)C(O)C3O)C(O)C2O)C(O)C1O)C(O)/C=C/CCCCCCCCCCCCCCCCCCCCCCC. The van der Waals surface area contributed by atoms with Gasteiger partial charge in [0.05, 0.1) is 38.6 Å². The van der Waals surface area contributed by atoms with E-state index in [4.69, 9.17) is 28.4 Å². The first-order chi connectivity index (χ1) is 41.3. The number of carbonyl (C=O) groups is 1. The van der Waals surface area contributed by atoms with Gasteiger partial charge in [-0.15, -0.1) is 0 Å². The van der Waals surface area contributed by atoms with Gasteiger partial charge in [-0.1, -0.05) is 216 Å². The number of amides is 1. The van der Waals surface area contributed by atoms with Crippen LogP contribution in [0, 0.1) is 0 Å². The highest BCUT2D eigenvalue weighted by Crippen LogP contribution is 2.33. The summed E-state index contributed by atoms with van der Waals surface area (Å²) in [5.74, 6) is -0.300. The van der Waals surface area contributed by atoms with Crippen LogP contribution in [-0.4, -0.2) is 193 Å². The molecular weight excluding hydrogens is 1090 g/mol. The molecule has 3 aliphatic rings. The molecule has 85 heavy (non-hydrogen) atoms. The lowest BCUT2D eigenvalue weighted by atomic mass is 9.96. The number of hydrogen-bond acceptors (Lipinski definition) is 18. The van der Waals surface area contributed by atoms with Gasteiger partial charge in [-0.25, -0.2) is 0 Å². The molecule has 3 saturated heterocycles. The number of hydrogen-bond donors (Lipinski definition) is 12. The third-order valence-corrected chi connectivity index (χ3v) is 16.3. The van der Waals surface area contributed by atoms with E-state index in [9.17, 15) is 61.0 Å². The fourth-order valence-corrected chi connectivity index (χ4v) is 10.9. The summed E-state index contributed by atoms with van der Waals surface area (Å²) in [4.78, 5) is 13.4. The number of nitrogens with one attached hydrogen (secondary N) is 1. The van der Waals surface area contributed by atoms with Gasteiger partial charge in [0.1, 0.15) is 73.2 Å². The van der Waals surface area contributed by atoms with E-state index in [-0.39, 0.29) is 18.9 Å². The van der Waals surface area contributed by atoms with Crippen LogP contribution >= 0.6 is 0 Å². The molecule has 17 atom stereocenters. The molecule has 17 unspecified atom stereocenters. The van der Waals surface area contributed by atoms with Gasteiger partial charge in [-0.2, -0.15) is 0 Å². The third-order valence-electron chi connectivity index (χ3n) is 16.3. The van der Waals surface area contributed by atoms with E-state index in [1.54, 1.807) is 6.08 Å². The molecule has 12 N–H and O–H groups in total. The molecule has 494 valence electrons. The third kappa shape index (κ3) is 31.2. The number of allylic oxidation sites excluding steroid dienone is 9. The van der Waals surface area contributed by atoms with Crippen molar-refractivity contribution in [2.24, 2.45) is 0 Å². The van der Waals surface area contributed by atoms with Gasteiger partial charge in [-0.05, 0) is 57.8 Å². The molecule has 3 aliphatic heterocycles. The predicted molar refractivity (Wildman–Crippen MR) is 328 cm³/mol. The smallest absolute Gasteiger partial charge is 0.220 e. The second-order valence-electron chi connectivity index (χ2n) is 23.6. The zero-order chi connectivity index (χ0) is 61.9. The molecule has 3 fully saturated rings. The normalized spacial score (nSPS) is 29.4. The number of aliphatic hydroxyl groups is 11. The van der Waals surface area contributed by atoms with Crippen LogP contribution in [0.1, 0.15) is 219 Å². The second-order valence-corrected chi connectivity index (χ2v) is 23.6. The minimum absolute atomic E-state index is 0.213. The summed E-state index contributed by atoms with van der Waals surface area (Å²) in [6, 6.07) is -0.989. The molecule has 3 rings (SSSR count). The van der Waals surface area contributed by atoms with E-state index in [1.807, 2.05) is 6.08 Å². The Hall–Kier alpha value is -2.51. The highest BCUT2D eigenvalue weighted by molar-refractivity contribution is 5.76. The van der Waals surface area contributed by atoms with E-state index < -0.39 is 124 Å². The van der Waals surface area contributed by atoms with E-state index in [0.29, 0.717) is 6.42 Å². The fraction of sp³-hybridized carbons (Fsp3) is 0.833. The summed E-state index contributed by atoms with van der Waals surface area (Å²) in [6.07, 6.45) is 30.5. The average Bonchev–Trinajstić information content (AvgIpc) is 3.10. The van der Waals surface area contributed by atoms with Gasteiger partial charge in [0.2, 0.25) is 5.91 Å². The lowest BCUT2D eigenvalue weighted by Gasteiger charge is -2.48. The van der Waals surface area contributed by atoms with Crippen molar-refractivity contribution in [2.45, 2.75) is 324 Å². The Morgan fingerprint density at radius 3 is 1.27 bits per heavy atom. The Morgan fingerprint density at radius 2 is 0.812 bits per heavy atom. The van der Waals surface area contributed by atoms with E-state index in [2.05, 4.69) is 67.8 Å². The summed E-state index contributed by atoms with van der Waals surface area (Å²) in [5, 5.41) is 120. The van der Waals surface area contributed by atoms with Crippen molar-refractivity contribution in [2.75, 3.05) is 26.4 Å². The van der Waals surface area contributed by atoms with Crippen molar-refractivity contribution < 1.29 is 89.4 Å². The topological polar surface area (TPSA) is 307 Å². The molecular formula is C66H117NO18. The summed E-state index contributed by atoms with van der Waals surface area (Å²) in [7, 11) is 0. The number of aliphatic hydroxyl groups excluding tert-OH is 11. The van der Waals surface area contributed by atoms with Gasteiger partial charge in [-0.3, -0.25) is 4.79 Å². The number of carbonyl (C=O) groups excluding carboxylic acids is 1. The molecule has 3 heterocycles. The van der Waals surface area contributed by atoms with Gasteiger partial charge in [0.25, 0.3) is 0 Å². The monoisotopic (exact) mass is 1210 g/mol. The first kappa shape index (κ1) is 76.7. The van der Waals surface area contributed by atoms with E-state index >= 15 is 0 Å². The molecule has 0 aromatic rings. The molecule has 1 amide bonds. The molecule has 0 aliphatic carbocycles. The van der Waals surface area contributed by atoms with Crippen LogP contribution < -0.4 is 5.32 Å². The first-order valence-corrected chi connectivity index (χ1v) is 33.0. The van der Waals surface area contributed by atoms with Crippen molar-refractivity contribution in [1.29, 1.82) is 0 Å². The minimum atomic E-state index is -1.98. The van der Waals surface area contributed by atoms with Gasteiger partial charge >= 0.3 is 0 Å². The number of rotatable bonds is 49. The maximum Gasteiger partial charge on any atom is 0.220 e. The van der Waals surface area contributed by atoms with Crippen LogP contribution in [0.25, 0.3) is 0 Å².